The highest BCUT2D eigenvalue weighted by atomic mass is 16.1. The summed E-state index contributed by atoms with van der Waals surface area (Å²) in [4.78, 5) is 16.1. The maximum Gasteiger partial charge on any atom is 0.259 e. The van der Waals surface area contributed by atoms with Crippen molar-refractivity contribution in [3.63, 3.8) is 0 Å². The second-order valence-corrected chi connectivity index (χ2v) is 3.51. The first kappa shape index (κ1) is 9.65. The van der Waals surface area contributed by atoms with E-state index in [9.17, 15) is 4.79 Å². The second kappa shape index (κ2) is 3.69. The zero-order valence-corrected chi connectivity index (χ0v) is 8.77. The molecule has 0 saturated carbocycles. The summed E-state index contributed by atoms with van der Waals surface area (Å²) in [5.74, 6) is 0.700. The van der Waals surface area contributed by atoms with Crippen LogP contribution >= 0.6 is 0 Å². The van der Waals surface area contributed by atoms with Crippen LogP contribution in [0.15, 0.2) is 41.5 Å². The zero-order valence-electron chi connectivity index (χ0n) is 8.77. The van der Waals surface area contributed by atoms with E-state index >= 15 is 0 Å². The number of nitrogens with zero attached hydrogens (tertiary/aromatic N) is 2. The van der Waals surface area contributed by atoms with E-state index in [0.29, 0.717) is 5.82 Å². The minimum atomic E-state index is -0.0145. The molecule has 3 heteroatoms. The van der Waals surface area contributed by atoms with Crippen LogP contribution in [0.1, 0.15) is 11.1 Å². The molecule has 0 aliphatic carbocycles. The molecule has 0 unspecified atom stereocenters. The molecule has 0 radical (unpaired) electrons. The summed E-state index contributed by atoms with van der Waals surface area (Å²) < 4.78 is 1.57. The Balaban J connectivity index is 2.70. The third-order valence-electron chi connectivity index (χ3n) is 2.35. The van der Waals surface area contributed by atoms with E-state index in [4.69, 9.17) is 0 Å². The van der Waals surface area contributed by atoms with Gasteiger partial charge in [-0.05, 0) is 31.5 Å². The van der Waals surface area contributed by atoms with Crippen molar-refractivity contribution in [2.75, 3.05) is 0 Å². The number of hydrogen-bond acceptors (Lipinski definition) is 2. The fourth-order valence-corrected chi connectivity index (χ4v) is 1.50. The first-order valence-corrected chi connectivity index (χ1v) is 4.80. The molecule has 0 aliphatic rings. The normalized spacial score (nSPS) is 10.3. The first-order valence-electron chi connectivity index (χ1n) is 4.80. The van der Waals surface area contributed by atoms with Crippen LogP contribution < -0.4 is 5.56 Å². The van der Waals surface area contributed by atoms with E-state index < -0.39 is 0 Å². The highest BCUT2D eigenvalue weighted by Gasteiger charge is 2.04. The van der Waals surface area contributed by atoms with E-state index in [1.165, 1.54) is 0 Å². The highest BCUT2D eigenvalue weighted by Crippen LogP contribution is 2.07. The van der Waals surface area contributed by atoms with Gasteiger partial charge in [-0.1, -0.05) is 12.1 Å². The third kappa shape index (κ3) is 1.68. The summed E-state index contributed by atoms with van der Waals surface area (Å²) in [7, 11) is 0. The Kier molecular flexibility index (Phi) is 2.37. The smallest absolute Gasteiger partial charge is 0.259 e. The molecule has 0 aliphatic heterocycles. The topological polar surface area (TPSA) is 34.9 Å². The van der Waals surface area contributed by atoms with Crippen molar-refractivity contribution in [3.05, 3.63) is 58.1 Å². The minimum Gasteiger partial charge on any atom is -0.269 e. The van der Waals surface area contributed by atoms with Gasteiger partial charge in [0.25, 0.3) is 5.56 Å². The lowest BCUT2D eigenvalue weighted by Crippen LogP contribution is -2.21. The maximum atomic E-state index is 11.8. The van der Waals surface area contributed by atoms with E-state index in [0.717, 1.165) is 11.1 Å². The van der Waals surface area contributed by atoms with Gasteiger partial charge in [0.1, 0.15) is 5.82 Å². The van der Waals surface area contributed by atoms with Gasteiger partial charge >= 0.3 is 0 Å². The largest absolute Gasteiger partial charge is 0.269 e. The number of pyridine rings is 2. The summed E-state index contributed by atoms with van der Waals surface area (Å²) in [6, 6.07) is 7.46. The molecule has 3 nitrogen and oxygen atoms in total. The van der Waals surface area contributed by atoms with Gasteiger partial charge in [-0.15, -0.1) is 0 Å². The number of hydrogen-bond donors (Lipinski definition) is 0. The van der Waals surface area contributed by atoms with Gasteiger partial charge in [-0.2, -0.15) is 0 Å². The number of aryl methyl sites for hydroxylation is 2. The molecule has 15 heavy (non-hydrogen) atoms. The SMILES string of the molecule is Cc1cccnc1-n1cccc(C)c1=O. The van der Waals surface area contributed by atoms with Crippen molar-refractivity contribution >= 4 is 0 Å². The molecule has 0 fully saturated rings. The zero-order chi connectivity index (χ0) is 10.8. The van der Waals surface area contributed by atoms with Crippen LogP contribution in [0.25, 0.3) is 5.82 Å². The van der Waals surface area contributed by atoms with Crippen molar-refractivity contribution in [1.29, 1.82) is 0 Å². The van der Waals surface area contributed by atoms with E-state index in [2.05, 4.69) is 4.98 Å². The van der Waals surface area contributed by atoms with Crippen molar-refractivity contribution < 1.29 is 0 Å². The lowest BCUT2D eigenvalue weighted by Gasteiger charge is -2.07. The molecule has 2 heterocycles. The van der Waals surface area contributed by atoms with Crippen LogP contribution in [0.4, 0.5) is 0 Å². The Labute approximate surface area is 88.0 Å². The van der Waals surface area contributed by atoms with Gasteiger partial charge in [0.15, 0.2) is 0 Å². The lowest BCUT2D eigenvalue weighted by atomic mass is 10.2. The highest BCUT2D eigenvalue weighted by molar-refractivity contribution is 5.33. The van der Waals surface area contributed by atoms with Gasteiger partial charge in [0, 0.05) is 18.0 Å². The fourth-order valence-electron chi connectivity index (χ4n) is 1.50. The molecule has 0 spiro atoms. The standard InChI is InChI=1S/C12H12N2O/c1-9-5-3-7-13-11(9)14-8-4-6-10(2)12(14)15/h3-8H,1-2H3. The predicted octanol–water partition coefficient (Wildman–Crippen LogP) is 1.85. The molecular weight excluding hydrogens is 188 g/mol. The lowest BCUT2D eigenvalue weighted by molar-refractivity contribution is 0.914. The summed E-state index contributed by atoms with van der Waals surface area (Å²) in [5.41, 5.74) is 1.70. The van der Waals surface area contributed by atoms with Gasteiger partial charge in [-0.3, -0.25) is 9.36 Å². The first-order chi connectivity index (χ1) is 7.20. The molecule has 0 amide bonds. The van der Waals surface area contributed by atoms with Crippen molar-refractivity contribution in [2.45, 2.75) is 13.8 Å². The average molecular weight is 200 g/mol. The summed E-state index contributed by atoms with van der Waals surface area (Å²) in [5, 5.41) is 0. The Bertz CT molecular complexity index is 543. The van der Waals surface area contributed by atoms with Gasteiger partial charge in [0.05, 0.1) is 0 Å². The Morgan fingerprint density at radius 1 is 1.13 bits per heavy atom. The van der Waals surface area contributed by atoms with Crippen LogP contribution in [0.5, 0.6) is 0 Å². The van der Waals surface area contributed by atoms with Crippen LogP contribution in [-0.4, -0.2) is 9.55 Å². The Morgan fingerprint density at radius 2 is 1.87 bits per heavy atom. The average Bonchev–Trinajstić information content (AvgIpc) is 2.23. The quantitative estimate of drug-likeness (QED) is 0.704. The Hall–Kier alpha value is -1.90. The molecule has 2 rings (SSSR count). The molecule has 76 valence electrons. The minimum absolute atomic E-state index is 0.0145. The maximum absolute atomic E-state index is 11.8. The van der Waals surface area contributed by atoms with Gasteiger partial charge in [0.2, 0.25) is 0 Å². The van der Waals surface area contributed by atoms with E-state index in [1.54, 1.807) is 30.0 Å². The molecule has 0 N–H and O–H groups in total. The molecular formula is C12H12N2O. The molecule has 2 aromatic rings. The van der Waals surface area contributed by atoms with Gasteiger partial charge < -0.3 is 0 Å². The second-order valence-electron chi connectivity index (χ2n) is 3.51. The summed E-state index contributed by atoms with van der Waals surface area (Å²) >= 11 is 0. The van der Waals surface area contributed by atoms with Crippen LogP contribution in [0, 0.1) is 13.8 Å². The monoisotopic (exact) mass is 200 g/mol. The molecule has 0 saturated heterocycles. The van der Waals surface area contributed by atoms with Crippen LogP contribution in [-0.2, 0) is 0 Å². The molecule has 0 bridgehead atoms. The Morgan fingerprint density at radius 3 is 2.60 bits per heavy atom. The predicted molar refractivity (Wildman–Crippen MR) is 59.3 cm³/mol. The van der Waals surface area contributed by atoms with E-state index in [1.807, 2.05) is 25.1 Å². The van der Waals surface area contributed by atoms with Crippen molar-refractivity contribution in [1.82, 2.24) is 9.55 Å². The third-order valence-corrected chi connectivity index (χ3v) is 2.35. The summed E-state index contributed by atoms with van der Waals surface area (Å²) in [6.07, 6.45) is 3.43. The molecule has 0 aromatic carbocycles. The number of rotatable bonds is 1. The van der Waals surface area contributed by atoms with Crippen molar-refractivity contribution in [2.24, 2.45) is 0 Å². The fraction of sp³-hybridized carbons (Fsp3) is 0.167. The van der Waals surface area contributed by atoms with E-state index in [-0.39, 0.29) is 5.56 Å². The molecule has 2 aromatic heterocycles. The van der Waals surface area contributed by atoms with Gasteiger partial charge in [-0.25, -0.2) is 4.98 Å². The van der Waals surface area contributed by atoms with Crippen molar-refractivity contribution in [3.8, 4) is 5.82 Å². The van der Waals surface area contributed by atoms with Crippen LogP contribution in [0.3, 0.4) is 0 Å². The van der Waals surface area contributed by atoms with Crippen LogP contribution in [0.2, 0.25) is 0 Å². The summed E-state index contributed by atoms with van der Waals surface area (Å²) in [6.45, 7) is 3.74. The number of aromatic nitrogens is 2. The molecule has 0 atom stereocenters.